The van der Waals surface area contributed by atoms with Gasteiger partial charge in [0.15, 0.2) is 5.78 Å². The predicted octanol–water partition coefficient (Wildman–Crippen LogP) is 1.15. The number of Topliss-reactive ketones (excluding diaryl/α,β-unsaturated/α-hetero) is 2. The first kappa shape index (κ1) is 9.44. The Labute approximate surface area is 126 Å². The highest BCUT2D eigenvalue weighted by molar-refractivity contribution is 6.03. The molecular formula is C15H15N3O3. The fourth-order valence-electron chi connectivity index (χ4n) is 2.47. The monoisotopic (exact) mass is 289 g/mol. The zero-order valence-electron chi connectivity index (χ0n) is 15.0. The topological polar surface area (TPSA) is 95.0 Å². The third-order valence-electron chi connectivity index (χ3n) is 3.46. The molecule has 1 aliphatic carbocycles. The average molecular weight is 289 g/mol. The van der Waals surface area contributed by atoms with Crippen LogP contribution in [0.25, 0.3) is 10.9 Å². The maximum Gasteiger partial charge on any atom is 0.264 e. The fourth-order valence-corrected chi connectivity index (χ4v) is 2.47. The summed E-state index contributed by atoms with van der Waals surface area (Å²) in [6, 6.07) is 1.31. The second-order valence-corrected chi connectivity index (χ2v) is 4.87. The van der Waals surface area contributed by atoms with Gasteiger partial charge in [-0.2, -0.15) is 0 Å². The Hall–Kier alpha value is -2.50. The third-order valence-corrected chi connectivity index (χ3v) is 3.46. The molecule has 0 aliphatic heterocycles. The molecule has 6 nitrogen and oxygen atoms in total. The van der Waals surface area contributed by atoms with Gasteiger partial charge < -0.3 is 5.73 Å². The Morgan fingerprint density at radius 1 is 1.52 bits per heavy atom. The maximum absolute atomic E-state index is 13.0. The van der Waals surface area contributed by atoms with E-state index in [1.165, 1.54) is 12.1 Å². The summed E-state index contributed by atoms with van der Waals surface area (Å²) in [6.45, 7) is -1.71. The lowest BCUT2D eigenvalue weighted by atomic mass is 9.92. The molecule has 2 atom stereocenters. The first-order chi connectivity index (χ1) is 11.7. The molecule has 0 saturated heterocycles. The summed E-state index contributed by atoms with van der Waals surface area (Å²) in [6.07, 6.45) is -1.81. The first-order valence-corrected chi connectivity index (χ1v) is 6.34. The molecule has 1 heterocycles. The summed E-state index contributed by atoms with van der Waals surface area (Å²) in [7, 11) is 0. The minimum Gasteiger partial charge on any atom is -0.398 e. The van der Waals surface area contributed by atoms with Crippen LogP contribution in [0.3, 0.4) is 0 Å². The number of anilines is 1. The SMILES string of the molecule is [2H]c1ccc(N)c2c(=O)n(C3C(=O)CC(=O)CC3[2H])c(C([2H])[2H])nc12. The Kier molecular flexibility index (Phi) is 2.16. The molecule has 1 saturated carbocycles. The van der Waals surface area contributed by atoms with Crippen molar-refractivity contribution in [3.63, 3.8) is 0 Å². The standard InChI is InChI=1S/C15H15N3O3/c1-8-17-11-4-2-3-10(16)14(11)15(21)18(8)12-6-5-9(19)7-13(12)20/h2-4,12H,5-7,16H2,1H3/i1D2,4D,6D. The van der Waals surface area contributed by atoms with Crippen LogP contribution >= 0.6 is 0 Å². The molecule has 1 fully saturated rings. The van der Waals surface area contributed by atoms with Gasteiger partial charge in [-0.1, -0.05) is 6.07 Å². The molecule has 6 heteroatoms. The lowest BCUT2D eigenvalue weighted by Crippen LogP contribution is -2.36. The molecule has 0 bridgehead atoms. The fraction of sp³-hybridized carbons (Fsp3) is 0.333. The Bertz CT molecular complexity index is 957. The number of carbonyl (C=O) groups is 2. The normalized spacial score (nSPS) is 25.6. The zero-order valence-corrected chi connectivity index (χ0v) is 11.0. The largest absolute Gasteiger partial charge is 0.398 e. The number of fused-ring (bicyclic) bond motifs is 1. The Morgan fingerprint density at radius 3 is 3.05 bits per heavy atom. The highest BCUT2D eigenvalue weighted by Gasteiger charge is 2.30. The van der Waals surface area contributed by atoms with E-state index in [1.54, 1.807) is 0 Å². The summed E-state index contributed by atoms with van der Waals surface area (Å²) in [5.74, 6) is -1.35. The van der Waals surface area contributed by atoms with Crippen molar-refractivity contribution in [1.82, 2.24) is 9.55 Å². The van der Waals surface area contributed by atoms with Crippen molar-refractivity contribution in [2.75, 3.05) is 5.73 Å². The molecule has 0 radical (unpaired) electrons. The van der Waals surface area contributed by atoms with Crippen molar-refractivity contribution in [3.05, 3.63) is 34.4 Å². The molecule has 0 spiro atoms. The summed E-state index contributed by atoms with van der Waals surface area (Å²) >= 11 is 0. The molecule has 0 amide bonds. The van der Waals surface area contributed by atoms with Crippen LogP contribution in [0.1, 0.15) is 36.6 Å². The van der Waals surface area contributed by atoms with Gasteiger partial charge in [0.05, 0.1) is 24.7 Å². The van der Waals surface area contributed by atoms with E-state index in [-0.39, 0.29) is 40.7 Å². The van der Waals surface area contributed by atoms with Crippen molar-refractivity contribution >= 4 is 28.2 Å². The van der Waals surface area contributed by atoms with Crippen LogP contribution in [0.4, 0.5) is 5.69 Å². The maximum atomic E-state index is 13.0. The molecule has 21 heavy (non-hydrogen) atoms. The van der Waals surface area contributed by atoms with Gasteiger partial charge in [-0.05, 0) is 25.4 Å². The van der Waals surface area contributed by atoms with Gasteiger partial charge in [0.25, 0.3) is 5.56 Å². The number of nitrogens with two attached hydrogens (primary N) is 1. The van der Waals surface area contributed by atoms with Crippen LogP contribution in [-0.2, 0) is 9.59 Å². The van der Waals surface area contributed by atoms with E-state index < -0.39 is 37.1 Å². The van der Waals surface area contributed by atoms with E-state index in [4.69, 9.17) is 11.2 Å². The highest BCUT2D eigenvalue weighted by Crippen LogP contribution is 2.24. The number of nitrogens with zero attached hydrogens (tertiary/aromatic N) is 2. The van der Waals surface area contributed by atoms with E-state index in [2.05, 4.69) is 4.98 Å². The molecule has 2 N–H and O–H groups in total. The van der Waals surface area contributed by atoms with Crippen molar-refractivity contribution in [2.24, 2.45) is 0 Å². The predicted molar refractivity (Wildman–Crippen MR) is 78.1 cm³/mol. The summed E-state index contributed by atoms with van der Waals surface area (Å²) in [5, 5.41) is -0.0891. The van der Waals surface area contributed by atoms with Crippen molar-refractivity contribution in [1.29, 1.82) is 0 Å². The lowest BCUT2D eigenvalue weighted by molar-refractivity contribution is -0.132. The molecular weight excluding hydrogens is 270 g/mol. The number of ketones is 2. The zero-order chi connectivity index (χ0) is 18.5. The summed E-state index contributed by atoms with van der Waals surface area (Å²) in [4.78, 5) is 40.9. The van der Waals surface area contributed by atoms with Crippen LogP contribution in [0.5, 0.6) is 0 Å². The molecule has 1 aromatic heterocycles. The minimum atomic E-state index is -1.71. The molecule has 108 valence electrons. The van der Waals surface area contributed by atoms with Crippen LogP contribution in [0, 0.1) is 6.88 Å². The summed E-state index contributed by atoms with van der Waals surface area (Å²) in [5.41, 5.74) is 5.05. The Morgan fingerprint density at radius 2 is 2.33 bits per heavy atom. The van der Waals surface area contributed by atoms with E-state index in [1.807, 2.05) is 0 Å². The van der Waals surface area contributed by atoms with E-state index in [0.717, 1.165) is 4.57 Å². The molecule has 3 rings (SSSR count). The first-order valence-electron chi connectivity index (χ1n) is 8.58. The van der Waals surface area contributed by atoms with Gasteiger partial charge in [0.2, 0.25) is 0 Å². The number of rotatable bonds is 1. The Balaban J connectivity index is 2.38. The van der Waals surface area contributed by atoms with Gasteiger partial charge in [-0.25, -0.2) is 4.98 Å². The third kappa shape index (κ3) is 2.12. The molecule has 1 aromatic carbocycles. The smallest absolute Gasteiger partial charge is 0.264 e. The van der Waals surface area contributed by atoms with Gasteiger partial charge in [0.1, 0.15) is 11.6 Å². The molecule has 2 aromatic rings. The molecule has 1 aliphatic rings. The highest BCUT2D eigenvalue weighted by atomic mass is 16.2. The van der Waals surface area contributed by atoms with E-state index in [9.17, 15) is 14.4 Å². The number of benzene rings is 1. The quantitative estimate of drug-likeness (QED) is 0.627. The average Bonchev–Trinajstić information content (AvgIpc) is 2.51. The lowest BCUT2D eigenvalue weighted by Gasteiger charge is -2.24. The number of nitrogen functional groups attached to an aromatic ring is 1. The van der Waals surface area contributed by atoms with E-state index in [0.29, 0.717) is 0 Å². The van der Waals surface area contributed by atoms with Crippen LogP contribution in [-0.4, -0.2) is 21.1 Å². The van der Waals surface area contributed by atoms with Crippen molar-refractivity contribution in [2.45, 2.75) is 32.2 Å². The number of hydrogen-bond acceptors (Lipinski definition) is 5. The molecule has 2 unspecified atom stereocenters. The number of hydrogen-bond donors (Lipinski definition) is 1. The minimum absolute atomic E-state index is 0.0520. The number of aromatic nitrogens is 2. The second kappa shape index (κ2) is 4.80. The van der Waals surface area contributed by atoms with Gasteiger partial charge in [0, 0.05) is 16.2 Å². The van der Waals surface area contributed by atoms with Gasteiger partial charge in [-0.3, -0.25) is 19.0 Å². The number of aryl methyl sites for hydroxylation is 1. The summed E-state index contributed by atoms with van der Waals surface area (Å²) < 4.78 is 32.1. The van der Waals surface area contributed by atoms with Crippen LogP contribution in [0.15, 0.2) is 23.0 Å². The van der Waals surface area contributed by atoms with E-state index >= 15 is 0 Å². The second-order valence-electron chi connectivity index (χ2n) is 4.87. The van der Waals surface area contributed by atoms with Crippen molar-refractivity contribution in [3.8, 4) is 0 Å². The van der Waals surface area contributed by atoms with Gasteiger partial charge >= 0.3 is 0 Å². The van der Waals surface area contributed by atoms with Gasteiger partial charge in [-0.15, -0.1) is 0 Å². The van der Waals surface area contributed by atoms with Crippen LogP contribution in [0.2, 0.25) is 0 Å². The van der Waals surface area contributed by atoms with Crippen LogP contribution < -0.4 is 11.3 Å². The van der Waals surface area contributed by atoms with Crippen molar-refractivity contribution < 1.29 is 15.1 Å². The number of carbonyl (C=O) groups excluding carboxylic acids is 2.